The molecule has 2 N–H and O–H groups in total. The molecule has 0 aliphatic carbocycles. The van der Waals surface area contributed by atoms with Crippen molar-refractivity contribution in [1.29, 1.82) is 0 Å². The van der Waals surface area contributed by atoms with Crippen LogP contribution >= 0.6 is 0 Å². The molecule has 1 aromatic heterocycles. The molecule has 1 unspecified atom stereocenters. The van der Waals surface area contributed by atoms with E-state index in [4.69, 9.17) is 9.84 Å². The zero-order valence-electron chi connectivity index (χ0n) is 10.8. The van der Waals surface area contributed by atoms with Gasteiger partial charge in [0.2, 0.25) is 0 Å². The number of amides is 1. The molecule has 1 heterocycles. The van der Waals surface area contributed by atoms with Crippen LogP contribution in [0.3, 0.4) is 0 Å². The minimum atomic E-state index is -0.953. The van der Waals surface area contributed by atoms with Crippen LogP contribution in [0.5, 0.6) is 0 Å². The second-order valence-electron chi connectivity index (χ2n) is 4.08. The summed E-state index contributed by atoms with van der Waals surface area (Å²) in [6.45, 7) is 2.07. The van der Waals surface area contributed by atoms with Gasteiger partial charge in [0.05, 0.1) is 12.5 Å². The summed E-state index contributed by atoms with van der Waals surface area (Å²) in [4.78, 5) is 22.4. The quantitative estimate of drug-likeness (QED) is 0.777. The molecular formula is C12H18N2O4. The normalized spacial score (nSPS) is 12.2. The Morgan fingerprint density at radius 1 is 1.50 bits per heavy atom. The number of hydrogen-bond acceptors (Lipinski definition) is 3. The zero-order chi connectivity index (χ0) is 13.7. The van der Waals surface area contributed by atoms with Crippen LogP contribution in [0.2, 0.25) is 0 Å². The fourth-order valence-corrected chi connectivity index (χ4v) is 1.57. The van der Waals surface area contributed by atoms with Gasteiger partial charge in [-0.3, -0.25) is 9.59 Å². The lowest BCUT2D eigenvalue weighted by molar-refractivity contribution is -0.139. The Morgan fingerprint density at radius 2 is 2.17 bits per heavy atom. The predicted molar refractivity (Wildman–Crippen MR) is 65.5 cm³/mol. The average Bonchev–Trinajstić information content (AvgIpc) is 2.64. The second-order valence-corrected chi connectivity index (χ2v) is 4.08. The van der Waals surface area contributed by atoms with Crippen molar-refractivity contribution in [3.05, 3.63) is 23.5 Å². The first-order valence-electron chi connectivity index (χ1n) is 5.60. The lowest BCUT2D eigenvalue weighted by atomic mass is 10.2. The van der Waals surface area contributed by atoms with E-state index in [9.17, 15) is 9.59 Å². The van der Waals surface area contributed by atoms with Gasteiger partial charge in [-0.1, -0.05) is 0 Å². The summed E-state index contributed by atoms with van der Waals surface area (Å²) in [7, 11) is 3.22. The average molecular weight is 254 g/mol. The van der Waals surface area contributed by atoms with Gasteiger partial charge in [-0.05, 0) is 19.1 Å². The molecule has 0 aromatic carbocycles. The van der Waals surface area contributed by atoms with Crippen LogP contribution in [0.25, 0.3) is 0 Å². The number of hydrogen-bond donors (Lipinski definition) is 2. The van der Waals surface area contributed by atoms with Crippen LogP contribution in [-0.2, 0) is 16.6 Å². The molecule has 0 bridgehead atoms. The van der Waals surface area contributed by atoms with Gasteiger partial charge in [0.1, 0.15) is 5.69 Å². The number of carboxylic acids is 1. The van der Waals surface area contributed by atoms with Gasteiger partial charge in [0.15, 0.2) is 0 Å². The maximum atomic E-state index is 11.9. The number of aromatic nitrogens is 1. The van der Waals surface area contributed by atoms with Gasteiger partial charge >= 0.3 is 5.97 Å². The lowest BCUT2D eigenvalue weighted by Crippen LogP contribution is -2.35. The van der Waals surface area contributed by atoms with E-state index in [1.165, 1.54) is 7.11 Å². The Balaban J connectivity index is 2.55. The van der Waals surface area contributed by atoms with Crippen LogP contribution in [0.1, 0.15) is 22.6 Å². The van der Waals surface area contributed by atoms with E-state index in [0.717, 1.165) is 5.69 Å². The molecule has 0 radical (unpaired) electrons. The molecule has 0 fully saturated rings. The summed E-state index contributed by atoms with van der Waals surface area (Å²) in [5, 5.41) is 11.3. The number of ether oxygens (including phenoxy) is 1. The monoisotopic (exact) mass is 254 g/mol. The van der Waals surface area contributed by atoms with Crippen LogP contribution in [0.4, 0.5) is 0 Å². The predicted octanol–water partition coefficient (Wildman–Crippen LogP) is 0.553. The molecule has 1 atom stereocenters. The van der Waals surface area contributed by atoms with Crippen molar-refractivity contribution < 1.29 is 19.4 Å². The summed E-state index contributed by atoms with van der Waals surface area (Å²) < 4.78 is 6.75. The summed E-state index contributed by atoms with van der Waals surface area (Å²) >= 11 is 0. The molecule has 0 saturated heterocycles. The smallest absolute Gasteiger partial charge is 0.306 e. The van der Waals surface area contributed by atoms with E-state index >= 15 is 0 Å². The summed E-state index contributed by atoms with van der Waals surface area (Å²) in [6, 6.07) is 3.57. The van der Waals surface area contributed by atoms with Crippen molar-refractivity contribution in [2.24, 2.45) is 7.05 Å². The zero-order valence-corrected chi connectivity index (χ0v) is 10.8. The maximum Gasteiger partial charge on any atom is 0.306 e. The molecule has 100 valence electrons. The molecule has 0 aliphatic rings. The van der Waals surface area contributed by atoms with Gasteiger partial charge in [-0.15, -0.1) is 0 Å². The number of aryl methyl sites for hydroxylation is 1. The third-order valence-electron chi connectivity index (χ3n) is 2.83. The highest BCUT2D eigenvalue weighted by atomic mass is 16.5. The molecule has 0 saturated carbocycles. The van der Waals surface area contributed by atoms with Gasteiger partial charge in [0.25, 0.3) is 5.91 Å². The van der Waals surface area contributed by atoms with E-state index < -0.39 is 12.1 Å². The van der Waals surface area contributed by atoms with Crippen molar-refractivity contribution in [2.75, 3.05) is 13.7 Å². The van der Waals surface area contributed by atoms with Crippen molar-refractivity contribution in [1.82, 2.24) is 9.88 Å². The molecule has 0 aliphatic heterocycles. The Bertz CT molecular complexity index is 439. The first-order valence-corrected chi connectivity index (χ1v) is 5.60. The van der Waals surface area contributed by atoms with Crippen molar-refractivity contribution in [2.45, 2.75) is 19.4 Å². The number of carboxylic acid groups (broad SMARTS) is 1. The first kappa shape index (κ1) is 14.2. The molecule has 6 nitrogen and oxygen atoms in total. The highest BCUT2D eigenvalue weighted by molar-refractivity contribution is 5.92. The van der Waals surface area contributed by atoms with Crippen LogP contribution in [0.15, 0.2) is 12.1 Å². The van der Waals surface area contributed by atoms with E-state index in [-0.39, 0.29) is 18.9 Å². The molecule has 6 heteroatoms. The number of aliphatic carboxylic acids is 1. The highest BCUT2D eigenvalue weighted by Crippen LogP contribution is 2.05. The van der Waals surface area contributed by atoms with Gasteiger partial charge < -0.3 is 19.7 Å². The number of nitrogens with zero attached hydrogens (tertiary/aromatic N) is 1. The number of carbonyl (C=O) groups is 2. The Labute approximate surface area is 106 Å². The van der Waals surface area contributed by atoms with E-state index in [1.54, 1.807) is 17.7 Å². The third kappa shape index (κ3) is 3.59. The van der Waals surface area contributed by atoms with Crippen LogP contribution in [-0.4, -0.2) is 41.3 Å². The summed E-state index contributed by atoms with van der Waals surface area (Å²) in [5.41, 5.74) is 1.52. The molecule has 1 amide bonds. The van der Waals surface area contributed by atoms with Gasteiger partial charge in [0, 0.05) is 26.4 Å². The topological polar surface area (TPSA) is 80.6 Å². The number of carbonyl (C=O) groups excluding carboxylic acids is 1. The van der Waals surface area contributed by atoms with Gasteiger partial charge in [-0.2, -0.15) is 0 Å². The van der Waals surface area contributed by atoms with E-state index in [0.29, 0.717) is 5.69 Å². The Kier molecular flexibility index (Phi) is 4.91. The van der Waals surface area contributed by atoms with Crippen LogP contribution in [0, 0.1) is 6.92 Å². The number of methoxy groups -OCH3 is 1. The summed E-state index contributed by atoms with van der Waals surface area (Å²) in [5.74, 6) is -1.19. The Morgan fingerprint density at radius 3 is 2.61 bits per heavy atom. The lowest BCUT2D eigenvalue weighted by Gasteiger charge is -2.14. The van der Waals surface area contributed by atoms with Crippen molar-refractivity contribution in [3.8, 4) is 0 Å². The van der Waals surface area contributed by atoms with E-state index in [2.05, 4.69) is 5.32 Å². The van der Waals surface area contributed by atoms with Crippen LogP contribution < -0.4 is 5.32 Å². The fraction of sp³-hybridized carbons (Fsp3) is 0.500. The first-order chi connectivity index (χ1) is 8.45. The van der Waals surface area contributed by atoms with Crippen molar-refractivity contribution >= 4 is 11.9 Å². The SMILES string of the molecule is COC(CNC(=O)c1ccc(C)n1C)CC(=O)O. The molecular weight excluding hydrogens is 236 g/mol. The molecule has 1 aromatic rings. The number of rotatable bonds is 6. The van der Waals surface area contributed by atoms with Crippen molar-refractivity contribution in [3.63, 3.8) is 0 Å². The highest BCUT2D eigenvalue weighted by Gasteiger charge is 2.15. The Hall–Kier alpha value is -1.82. The summed E-state index contributed by atoms with van der Waals surface area (Å²) in [6.07, 6.45) is -0.657. The fourth-order valence-electron chi connectivity index (χ4n) is 1.57. The number of nitrogens with one attached hydrogen (secondary N) is 1. The van der Waals surface area contributed by atoms with E-state index in [1.807, 2.05) is 13.0 Å². The molecule has 1 rings (SSSR count). The minimum absolute atomic E-state index is 0.136. The van der Waals surface area contributed by atoms with Gasteiger partial charge in [-0.25, -0.2) is 0 Å². The second kappa shape index (κ2) is 6.20. The largest absolute Gasteiger partial charge is 0.481 e. The third-order valence-corrected chi connectivity index (χ3v) is 2.83. The standard InChI is InChI=1S/C12H18N2O4/c1-8-4-5-10(14(8)2)12(17)13-7-9(18-3)6-11(15)16/h4-5,9H,6-7H2,1-3H3,(H,13,17)(H,15,16). The minimum Gasteiger partial charge on any atom is -0.481 e. The maximum absolute atomic E-state index is 11.9. The molecule has 0 spiro atoms. The molecule has 18 heavy (non-hydrogen) atoms.